The Hall–Kier alpha value is -3.09. The van der Waals surface area contributed by atoms with Crippen molar-refractivity contribution in [3.8, 4) is 11.5 Å². The Kier molecular flexibility index (Phi) is 7.16. The molecule has 1 aliphatic heterocycles. The standard InChI is InChI=1S/C26H31FN2O4/c1-3-33-22-14-11-19(15-23(22)32-2)25-26(31)28(21-7-5-4-6-8-21)17-24(30)29(25)16-18-9-12-20(27)13-10-18/h9-15,21,25H,3-8,16-17H2,1-2H3. The summed E-state index contributed by atoms with van der Waals surface area (Å²) in [6.07, 6.45) is 5.17. The molecule has 7 heteroatoms. The van der Waals surface area contributed by atoms with Crippen molar-refractivity contribution in [1.82, 2.24) is 9.80 Å². The molecule has 4 rings (SSSR count). The maximum Gasteiger partial charge on any atom is 0.250 e. The molecule has 2 amide bonds. The quantitative estimate of drug-likeness (QED) is 0.619. The van der Waals surface area contributed by atoms with Crippen LogP contribution in [-0.2, 0) is 16.1 Å². The van der Waals surface area contributed by atoms with Gasteiger partial charge in [-0.3, -0.25) is 9.59 Å². The van der Waals surface area contributed by atoms with Gasteiger partial charge in [0, 0.05) is 12.6 Å². The Bertz CT molecular complexity index is 988. The van der Waals surface area contributed by atoms with Gasteiger partial charge >= 0.3 is 0 Å². The maximum absolute atomic E-state index is 13.8. The summed E-state index contributed by atoms with van der Waals surface area (Å²) in [5, 5.41) is 0. The highest BCUT2D eigenvalue weighted by Gasteiger charge is 2.43. The van der Waals surface area contributed by atoms with Gasteiger partial charge in [-0.1, -0.05) is 37.5 Å². The molecule has 0 aromatic heterocycles. The lowest BCUT2D eigenvalue weighted by Crippen LogP contribution is -2.58. The lowest BCUT2D eigenvalue weighted by atomic mass is 9.91. The third-order valence-corrected chi connectivity index (χ3v) is 6.54. The molecule has 0 radical (unpaired) electrons. The first-order valence-electron chi connectivity index (χ1n) is 11.7. The van der Waals surface area contributed by atoms with E-state index in [4.69, 9.17) is 9.47 Å². The van der Waals surface area contributed by atoms with Gasteiger partial charge in [-0.2, -0.15) is 0 Å². The molecule has 2 aromatic carbocycles. The van der Waals surface area contributed by atoms with E-state index < -0.39 is 6.04 Å². The van der Waals surface area contributed by atoms with Crippen LogP contribution in [0.15, 0.2) is 42.5 Å². The Morgan fingerprint density at radius 1 is 1.00 bits per heavy atom. The van der Waals surface area contributed by atoms with Gasteiger partial charge < -0.3 is 19.3 Å². The number of rotatable bonds is 7. The number of ether oxygens (including phenoxy) is 2. The molecule has 33 heavy (non-hydrogen) atoms. The van der Waals surface area contributed by atoms with E-state index in [2.05, 4.69) is 0 Å². The number of carbonyl (C=O) groups excluding carboxylic acids is 2. The zero-order chi connectivity index (χ0) is 23.4. The van der Waals surface area contributed by atoms with E-state index in [1.165, 1.54) is 18.6 Å². The fraction of sp³-hybridized carbons (Fsp3) is 0.462. The lowest BCUT2D eigenvalue weighted by Gasteiger charge is -2.44. The Morgan fingerprint density at radius 2 is 1.73 bits per heavy atom. The number of benzene rings is 2. The highest BCUT2D eigenvalue weighted by molar-refractivity contribution is 5.96. The van der Waals surface area contributed by atoms with Crippen LogP contribution in [0.3, 0.4) is 0 Å². The van der Waals surface area contributed by atoms with Crippen molar-refractivity contribution in [2.75, 3.05) is 20.3 Å². The largest absolute Gasteiger partial charge is 0.493 e. The minimum atomic E-state index is -0.775. The Balaban J connectivity index is 1.71. The highest BCUT2D eigenvalue weighted by Crippen LogP contribution is 2.37. The Labute approximate surface area is 194 Å². The van der Waals surface area contributed by atoms with Crippen LogP contribution >= 0.6 is 0 Å². The monoisotopic (exact) mass is 454 g/mol. The second-order valence-electron chi connectivity index (χ2n) is 8.65. The number of hydrogen-bond donors (Lipinski definition) is 0. The van der Waals surface area contributed by atoms with E-state index in [1.54, 1.807) is 41.2 Å². The summed E-state index contributed by atoms with van der Waals surface area (Å²) in [5.74, 6) is 0.590. The maximum atomic E-state index is 13.8. The topological polar surface area (TPSA) is 59.1 Å². The van der Waals surface area contributed by atoms with E-state index in [0.717, 1.165) is 31.2 Å². The molecule has 176 valence electrons. The number of halogens is 1. The third kappa shape index (κ3) is 4.97. The molecule has 1 saturated heterocycles. The molecular weight excluding hydrogens is 423 g/mol. The summed E-state index contributed by atoms with van der Waals surface area (Å²) >= 11 is 0. The first kappa shape index (κ1) is 23.1. The van der Waals surface area contributed by atoms with Crippen molar-refractivity contribution in [2.45, 2.75) is 57.7 Å². The molecule has 1 unspecified atom stereocenters. The third-order valence-electron chi connectivity index (χ3n) is 6.54. The molecular formula is C26H31FN2O4. The van der Waals surface area contributed by atoms with Crippen LogP contribution in [0.5, 0.6) is 11.5 Å². The number of amides is 2. The molecule has 1 saturated carbocycles. The summed E-state index contributed by atoms with van der Waals surface area (Å²) < 4.78 is 24.6. The predicted molar refractivity (Wildman–Crippen MR) is 122 cm³/mol. The number of piperazine rings is 1. The summed E-state index contributed by atoms with van der Waals surface area (Å²) in [6, 6.07) is 10.7. The first-order chi connectivity index (χ1) is 16.0. The van der Waals surface area contributed by atoms with Crippen LogP contribution in [0.2, 0.25) is 0 Å². The van der Waals surface area contributed by atoms with Crippen molar-refractivity contribution in [1.29, 1.82) is 0 Å². The van der Waals surface area contributed by atoms with Crippen molar-refractivity contribution in [3.05, 3.63) is 59.4 Å². The molecule has 2 aliphatic rings. The fourth-order valence-corrected chi connectivity index (χ4v) is 4.87. The molecule has 2 fully saturated rings. The average molecular weight is 455 g/mol. The number of hydrogen-bond acceptors (Lipinski definition) is 4. The highest BCUT2D eigenvalue weighted by atomic mass is 19.1. The van der Waals surface area contributed by atoms with Gasteiger partial charge in [0.1, 0.15) is 18.4 Å². The van der Waals surface area contributed by atoms with Gasteiger partial charge in [0.05, 0.1) is 13.7 Å². The van der Waals surface area contributed by atoms with Crippen LogP contribution in [0.1, 0.15) is 56.2 Å². The van der Waals surface area contributed by atoms with Gasteiger partial charge in [0.25, 0.3) is 5.91 Å². The molecule has 0 spiro atoms. The zero-order valence-corrected chi connectivity index (χ0v) is 19.3. The van der Waals surface area contributed by atoms with Crippen molar-refractivity contribution >= 4 is 11.8 Å². The Morgan fingerprint density at radius 3 is 2.39 bits per heavy atom. The lowest BCUT2D eigenvalue weighted by molar-refractivity contribution is -0.160. The molecule has 1 atom stereocenters. The van der Waals surface area contributed by atoms with Gasteiger partial charge in [-0.05, 0) is 55.2 Å². The molecule has 6 nitrogen and oxygen atoms in total. The van der Waals surface area contributed by atoms with Crippen molar-refractivity contribution in [3.63, 3.8) is 0 Å². The second kappa shape index (κ2) is 10.2. The van der Waals surface area contributed by atoms with Gasteiger partial charge in [-0.25, -0.2) is 4.39 Å². The molecule has 1 heterocycles. The van der Waals surface area contributed by atoms with E-state index in [1.807, 2.05) is 13.0 Å². The van der Waals surface area contributed by atoms with Gasteiger partial charge in [0.2, 0.25) is 5.91 Å². The summed E-state index contributed by atoms with van der Waals surface area (Å²) in [7, 11) is 1.56. The normalized spacial score (nSPS) is 19.7. The van der Waals surface area contributed by atoms with Crippen LogP contribution in [0.4, 0.5) is 4.39 Å². The van der Waals surface area contributed by atoms with E-state index in [0.29, 0.717) is 23.7 Å². The minimum absolute atomic E-state index is 0.0742. The van der Waals surface area contributed by atoms with Crippen LogP contribution in [0, 0.1) is 5.82 Å². The molecule has 2 aromatic rings. The van der Waals surface area contributed by atoms with E-state index in [9.17, 15) is 14.0 Å². The number of nitrogens with zero attached hydrogens (tertiary/aromatic N) is 2. The molecule has 1 aliphatic carbocycles. The zero-order valence-electron chi connectivity index (χ0n) is 19.3. The molecule has 0 bridgehead atoms. The average Bonchev–Trinajstić information content (AvgIpc) is 2.84. The summed E-state index contributed by atoms with van der Waals surface area (Å²) in [5.41, 5.74) is 1.45. The SMILES string of the molecule is CCOc1ccc(C2C(=O)N(C3CCCCC3)CC(=O)N2Cc2ccc(F)cc2)cc1OC. The summed E-state index contributed by atoms with van der Waals surface area (Å²) in [4.78, 5) is 30.6. The second-order valence-corrected chi connectivity index (χ2v) is 8.65. The fourth-order valence-electron chi connectivity index (χ4n) is 4.87. The van der Waals surface area contributed by atoms with E-state index >= 15 is 0 Å². The van der Waals surface area contributed by atoms with Crippen molar-refractivity contribution < 1.29 is 23.5 Å². The van der Waals surface area contributed by atoms with E-state index in [-0.39, 0.29) is 36.8 Å². The van der Waals surface area contributed by atoms with Crippen molar-refractivity contribution in [2.24, 2.45) is 0 Å². The first-order valence-corrected chi connectivity index (χ1v) is 11.7. The van der Waals surface area contributed by atoms with Crippen LogP contribution in [0.25, 0.3) is 0 Å². The summed E-state index contributed by atoms with van der Waals surface area (Å²) in [6.45, 7) is 2.69. The van der Waals surface area contributed by atoms with Gasteiger partial charge in [0.15, 0.2) is 11.5 Å². The predicted octanol–water partition coefficient (Wildman–Crippen LogP) is 4.48. The molecule has 0 N–H and O–H groups in total. The smallest absolute Gasteiger partial charge is 0.250 e. The van der Waals surface area contributed by atoms with Crippen LogP contribution < -0.4 is 9.47 Å². The van der Waals surface area contributed by atoms with Crippen LogP contribution in [-0.4, -0.2) is 47.9 Å². The number of carbonyl (C=O) groups is 2. The number of methoxy groups -OCH3 is 1. The van der Waals surface area contributed by atoms with Gasteiger partial charge in [-0.15, -0.1) is 0 Å². The minimum Gasteiger partial charge on any atom is -0.493 e.